The summed E-state index contributed by atoms with van der Waals surface area (Å²) in [4.78, 5) is 12.3. The van der Waals surface area contributed by atoms with Gasteiger partial charge < -0.3 is 0 Å². The van der Waals surface area contributed by atoms with Crippen molar-refractivity contribution in [1.82, 2.24) is 4.48 Å². The minimum Gasteiger partial charge on any atom is -0.233 e. The van der Waals surface area contributed by atoms with Gasteiger partial charge in [-0.3, -0.25) is 0 Å². The third-order valence-electron chi connectivity index (χ3n) is 5.38. The van der Waals surface area contributed by atoms with Crippen LogP contribution in [0.2, 0.25) is 0 Å². The normalized spacial score (nSPS) is 19.4. The molecule has 1 aromatic carbocycles. The first-order valence-corrected chi connectivity index (χ1v) is 8.60. The molecule has 1 unspecified atom stereocenters. The lowest BCUT2D eigenvalue weighted by Crippen LogP contribution is -2.62. The van der Waals surface area contributed by atoms with Gasteiger partial charge in [0.15, 0.2) is 0 Å². The van der Waals surface area contributed by atoms with Crippen LogP contribution < -0.4 is 4.48 Å². The van der Waals surface area contributed by atoms with E-state index >= 15 is 0 Å². The maximum atomic E-state index is 12.3. The molecule has 116 valence electrons. The minimum atomic E-state index is 0.397. The maximum Gasteiger partial charge on any atom is 0.307 e. The van der Waals surface area contributed by atoms with Crippen LogP contribution in [0, 0.1) is 6.92 Å². The Balaban J connectivity index is 2.49. The Kier molecular flexibility index (Phi) is 5.58. The van der Waals surface area contributed by atoms with E-state index in [0.29, 0.717) is 16.6 Å². The predicted molar refractivity (Wildman–Crippen MR) is 90.3 cm³/mol. The van der Waals surface area contributed by atoms with Crippen molar-refractivity contribution in [2.24, 2.45) is 0 Å². The van der Waals surface area contributed by atoms with E-state index in [9.17, 15) is 4.79 Å². The average molecular weight is 288 g/mol. The summed E-state index contributed by atoms with van der Waals surface area (Å²) in [5.74, 6) is 0. The fourth-order valence-corrected chi connectivity index (χ4v) is 4.16. The van der Waals surface area contributed by atoms with Gasteiger partial charge in [-0.2, -0.15) is 0 Å². The Morgan fingerprint density at radius 2 is 1.67 bits per heavy atom. The molecule has 1 aliphatic rings. The second kappa shape index (κ2) is 7.22. The van der Waals surface area contributed by atoms with Crippen LogP contribution in [0.5, 0.6) is 0 Å². The minimum absolute atomic E-state index is 0.397. The smallest absolute Gasteiger partial charge is 0.233 e. The summed E-state index contributed by atoms with van der Waals surface area (Å²) in [6.07, 6.45) is 9.59. The standard InChI is InChI=1S/C19H30NO/c1-4-17(5-2)20(15-21,18-9-7-6-8-10-18)19-13-11-16(3)12-14-19/h11-15,17-18H,4-10H2,1-3H3/q+1. The van der Waals surface area contributed by atoms with E-state index < -0.39 is 0 Å². The Labute approximate surface area is 129 Å². The van der Waals surface area contributed by atoms with Crippen LogP contribution in [0.4, 0.5) is 5.69 Å². The van der Waals surface area contributed by atoms with Gasteiger partial charge in [0.1, 0.15) is 17.8 Å². The summed E-state index contributed by atoms with van der Waals surface area (Å²) >= 11 is 0. The van der Waals surface area contributed by atoms with Crippen molar-refractivity contribution >= 4 is 12.1 Å². The molecule has 21 heavy (non-hydrogen) atoms. The first kappa shape index (κ1) is 16.2. The van der Waals surface area contributed by atoms with Gasteiger partial charge in [0.05, 0.1) is 0 Å². The van der Waals surface area contributed by atoms with Crippen LogP contribution in [-0.2, 0) is 4.79 Å². The van der Waals surface area contributed by atoms with Gasteiger partial charge >= 0.3 is 6.41 Å². The van der Waals surface area contributed by atoms with E-state index in [0.717, 1.165) is 12.8 Å². The van der Waals surface area contributed by atoms with E-state index in [1.54, 1.807) is 0 Å². The predicted octanol–water partition coefficient (Wildman–Crippen LogP) is 4.98. The van der Waals surface area contributed by atoms with E-state index in [4.69, 9.17) is 0 Å². The summed E-state index contributed by atoms with van der Waals surface area (Å²) in [7, 11) is 0. The molecule has 1 aliphatic carbocycles. The van der Waals surface area contributed by atoms with Crippen LogP contribution >= 0.6 is 0 Å². The highest BCUT2D eigenvalue weighted by atomic mass is 16.1. The first-order chi connectivity index (χ1) is 10.2. The molecular weight excluding hydrogens is 258 g/mol. The summed E-state index contributed by atoms with van der Waals surface area (Å²) in [5, 5.41) is 0. The largest absolute Gasteiger partial charge is 0.307 e. The second-order valence-corrected chi connectivity index (χ2v) is 6.54. The number of benzene rings is 1. The lowest BCUT2D eigenvalue weighted by atomic mass is 9.89. The van der Waals surface area contributed by atoms with Crippen molar-refractivity contribution in [3.05, 3.63) is 29.8 Å². The molecule has 1 aromatic rings. The molecule has 0 bridgehead atoms. The Hall–Kier alpha value is -1.15. The zero-order chi connectivity index (χ0) is 15.3. The van der Waals surface area contributed by atoms with Crippen LogP contribution in [0.3, 0.4) is 0 Å². The summed E-state index contributed by atoms with van der Waals surface area (Å²) in [5.41, 5.74) is 2.45. The highest BCUT2D eigenvalue weighted by molar-refractivity contribution is 5.71. The topological polar surface area (TPSA) is 17.1 Å². The Bertz CT molecular complexity index is 443. The van der Waals surface area contributed by atoms with Crippen LogP contribution in [-0.4, -0.2) is 18.5 Å². The van der Waals surface area contributed by atoms with E-state index in [2.05, 4.69) is 45.0 Å². The molecule has 1 saturated carbocycles. The highest BCUT2D eigenvalue weighted by Gasteiger charge is 2.45. The number of quaternary nitrogens is 1. The second-order valence-electron chi connectivity index (χ2n) is 6.54. The highest BCUT2D eigenvalue weighted by Crippen LogP contribution is 2.37. The van der Waals surface area contributed by atoms with E-state index in [1.165, 1.54) is 49.8 Å². The van der Waals surface area contributed by atoms with Gasteiger partial charge in [-0.15, -0.1) is 0 Å². The number of carbonyl (C=O) groups is 1. The lowest BCUT2D eigenvalue weighted by molar-refractivity contribution is -0.122. The summed E-state index contributed by atoms with van der Waals surface area (Å²) in [6, 6.07) is 9.51. The molecule has 0 heterocycles. The fourth-order valence-electron chi connectivity index (χ4n) is 4.16. The molecule has 2 nitrogen and oxygen atoms in total. The SMILES string of the molecule is CCC(CC)[N+](C=O)(c1ccc(C)cc1)C1CCCCC1. The fraction of sp³-hybridized carbons (Fsp3) is 0.632. The van der Waals surface area contributed by atoms with Gasteiger partial charge in [-0.1, -0.05) is 38.0 Å². The van der Waals surface area contributed by atoms with Crippen LogP contribution in [0.1, 0.15) is 64.4 Å². The van der Waals surface area contributed by atoms with Gasteiger partial charge in [-0.25, -0.2) is 9.28 Å². The van der Waals surface area contributed by atoms with Crippen LogP contribution in [0.25, 0.3) is 0 Å². The molecule has 2 heteroatoms. The van der Waals surface area contributed by atoms with Gasteiger partial charge in [0.25, 0.3) is 0 Å². The van der Waals surface area contributed by atoms with Gasteiger partial charge in [0.2, 0.25) is 0 Å². The maximum absolute atomic E-state index is 12.3. The third kappa shape index (κ3) is 3.06. The van der Waals surface area contributed by atoms with Crippen molar-refractivity contribution < 1.29 is 4.79 Å². The van der Waals surface area contributed by atoms with E-state index in [1.807, 2.05) is 0 Å². The van der Waals surface area contributed by atoms with Gasteiger partial charge in [-0.05, 0) is 44.7 Å². The Morgan fingerprint density at radius 1 is 1.10 bits per heavy atom. The van der Waals surface area contributed by atoms with Gasteiger partial charge in [0, 0.05) is 12.8 Å². The monoisotopic (exact) mass is 288 g/mol. The average Bonchev–Trinajstić information content (AvgIpc) is 2.54. The van der Waals surface area contributed by atoms with Crippen molar-refractivity contribution in [2.75, 3.05) is 0 Å². The number of nitrogens with zero attached hydrogens (tertiary/aromatic N) is 1. The molecule has 0 saturated heterocycles. The molecular formula is C19H30NO+. The van der Waals surface area contributed by atoms with Crippen LogP contribution in [0.15, 0.2) is 24.3 Å². The number of amides is 1. The van der Waals surface area contributed by atoms with Crippen molar-refractivity contribution in [3.63, 3.8) is 0 Å². The number of hydrogen-bond acceptors (Lipinski definition) is 1. The molecule has 1 fully saturated rings. The summed E-state index contributed by atoms with van der Waals surface area (Å²) < 4.78 is 0.549. The molecule has 2 rings (SSSR count). The third-order valence-corrected chi connectivity index (χ3v) is 5.38. The van der Waals surface area contributed by atoms with Crippen molar-refractivity contribution in [1.29, 1.82) is 0 Å². The molecule has 0 aliphatic heterocycles. The van der Waals surface area contributed by atoms with Crippen molar-refractivity contribution in [2.45, 2.75) is 77.8 Å². The first-order valence-electron chi connectivity index (χ1n) is 8.60. The zero-order valence-corrected chi connectivity index (χ0v) is 13.8. The number of aryl methyl sites for hydroxylation is 1. The molecule has 1 amide bonds. The number of carbonyl (C=O) groups excluding carboxylic acids is 1. The number of hydrogen-bond donors (Lipinski definition) is 0. The lowest BCUT2D eigenvalue weighted by Gasteiger charge is -2.45. The Morgan fingerprint density at radius 3 is 2.14 bits per heavy atom. The number of rotatable bonds is 6. The quantitative estimate of drug-likeness (QED) is 0.533. The van der Waals surface area contributed by atoms with E-state index in [-0.39, 0.29) is 0 Å². The zero-order valence-electron chi connectivity index (χ0n) is 13.8. The molecule has 0 N–H and O–H groups in total. The summed E-state index contributed by atoms with van der Waals surface area (Å²) in [6.45, 7) is 6.56. The molecule has 1 atom stereocenters. The van der Waals surface area contributed by atoms with Crippen molar-refractivity contribution in [3.8, 4) is 0 Å². The molecule has 0 radical (unpaired) electrons. The molecule has 0 aromatic heterocycles. The molecule has 0 spiro atoms.